The minimum atomic E-state index is -2.70. The largest absolute Gasteiger partial charge is 0.396 e. The molecule has 1 heterocycles. The van der Waals surface area contributed by atoms with E-state index in [9.17, 15) is 13.6 Å². The van der Waals surface area contributed by atoms with E-state index in [1.807, 2.05) is 0 Å². The summed E-state index contributed by atoms with van der Waals surface area (Å²) in [7, 11) is 0. The van der Waals surface area contributed by atoms with Crippen LogP contribution in [0.15, 0.2) is 0 Å². The zero-order valence-corrected chi connectivity index (χ0v) is 10.7. The lowest BCUT2D eigenvalue weighted by Gasteiger charge is -2.24. The molecule has 0 bridgehead atoms. The molecule has 6 nitrogen and oxygen atoms in total. The van der Waals surface area contributed by atoms with Crippen LogP contribution >= 0.6 is 11.3 Å². The number of amides is 2. The predicted molar refractivity (Wildman–Crippen MR) is 62.8 cm³/mol. The number of hydrogen-bond donors (Lipinski definition) is 3. The van der Waals surface area contributed by atoms with Crippen molar-refractivity contribution in [3.8, 4) is 0 Å². The molecule has 0 aliphatic carbocycles. The fourth-order valence-corrected chi connectivity index (χ4v) is 1.75. The number of aliphatic hydroxyl groups excluding tert-OH is 1. The van der Waals surface area contributed by atoms with Crippen molar-refractivity contribution in [2.24, 2.45) is 0 Å². The molecule has 0 atom stereocenters. The summed E-state index contributed by atoms with van der Waals surface area (Å²) in [4.78, 5) is 11.5. The minimum Gasteiger partial charge on any atom is -0.396 e. The zero-order chi connectivity index (χ0) is 13.8. The molecule has 0 radical (unpaired) electrons. The van der Waals surface area contributed by atoms with Crippen molar-refractivity contribution in [2.75, 3.05) is 11.9 Å². The lowest BCUT2D eigenvalue weighted by Crippen LogP contribution is -2.46. The fraction of sp³-hybridized carbons (Fsp3) is 0.667. The Morgan fingerprint density at radius 3 is 2.67 bits per heavy atom. The molecule has 0 fully saturated rings. The number of halogens is 2. The van der Waals surface area contributed by atoms with Gasteiger partial charge < -0.3 is 10.4 Å². The predicted octanol–water partition coefficient (Wildman–Crippen LogP) is 1.76. The van der Waals surface area contributed by atoms with E-state index in [0.29, 0.717) is 17.8 Å². The van der Waals surface area contributed by atoms with Crippen molar-refractivity contribution in [3.63, 3.8) is 0 Å². The first-order chi connectivity index (χ1) is 8.34. The second-order valence-electron chi connectivity index (χ2n) is 4.18. The van der Waals surface area contributed by atoms with Crippen LogP contribution in [0.1, 0.15) is 31.7 Å². The van der Waals surface area contributed by atoms with Crippen LogP contribution in [0.5, 0.6) is 0 Å². The van der Waals surface area contributed by atoms with Crippen LogP contribution < -0.4 is 10.6 Å². The van der Waals surface area contributed by atoms with Gasteiger partial charge in [0.2, 0.25) is 5.13 Å². The topological polar surface area (TPSA) is 87.1 Å². The second-order valence-corrected chi connectivity index (χ2v) is 5.19. The molecule has 1 aromatic rings. The average molecular weight is 280 g/mol. The molecule has 0 spiro atoms. The molecule has 0 saturated carbocycles. The van der Waals surface area contributed by atoms with Gasteiger partial charge in [0.1, 0.15) is 0 Å². The summed E-state index contributed by atoms with van der Waals surface area (Å²) in [5, 5.41) is 19.9. The number of nitrogens with zero attached hydrogens (tertiary/aromatic N) is 2. The molecule has 1 aromatic heterocycles. The lowest BCUT2D eigenvalue weighted by atomic mass is 10.0. The van der Waals surface area contributed by atoms with Crippen LogP contribution in [0.25, 0.3) is 0 Å². The Bertz CT molecular complexity index is 411. The van der Waals surface area contributed by atoms with Crippen LogP contribution in [-0.2, 0) is 0 Å². The molecule has 0 aliphatic rings. The Hall–Kier alpha value is -1.35. The van der Waals surface area contributed by atoms with E-state index in [-0.39, 0.29) is 11.7 Å². The monoisotopic (exact) mass is 280 g/mol. The van der Waals surface area contributed by atoms with Gasteiger partial charge in [0, 0.05) is 12.1 Å². The summed E-state index contributed by atoms with van der Waals surface area (Å²) in [6, 6.07) is -0.578. The standard InChI is InChI=1S/C9H14F2N4O2S/c1-9(2,3-4-16)13-7(17)12-8-15-14-6(18-8)5(10)11/h5,16H,3-4H2,1-2H3,(H2,12,13,15,17). The van der Waals surface area contributed by atoms with Gasteiger partial charge in [-0.05, 0) is 20.3 Å². The molecule has 9 heteroatoms. The maximum absolute atomic E-state index is 12.2. The molecular weight excluding hydrogens is 266 g/mol. The van der Waals surface area contributed by atoms with Gasteiger partial charge in [0.05, 0.1) is 0 Å². The van der Waals surface area contributed by atoms with Gasteiger partial charge in [0.25, 0.3) is 6.43 Å². The van der Waals surface area contributed by atoms with Gasteiger partial charge in [0.15, 0.2) is 5.01 Å². The third kappa shape index (κ3) is 4.49. The lowest BCUT2D eigenvalue weighted by molar-refractivity contribution is 0.150. The molecule has 1 rings (SSSR count). The fourth-order valence-electron chi connectivity index (χ4n) is 1.15. The summed E-state index contributed by atoms with van der Waals surface area (Å²) in [6.07, 6.45) is -2.33. The summed E-state index contributed by atoms with van der Waals surface area (Å²) >= 11 is 0.615. The number of aliphatic hydroxyl groups is 1. The van der Waals surface area contributed by atoms with Gasteiger partial charge >= 0.3 is 6.03 Å². The first kappa shape index (κ1) is 14.7. The Balaban J connectivity index is 2.54. The van der Waals surface area contributed by atoms with Gasteiger partial charge in [-0.2, -0.15) is 0 Å². The van der Waals surface area contributed by atoms with Crippen molar-refractivity contribution < 1.29 is 18.7 Å². The number of urea groups is 1. The number of alkyl halides is 2. The first-order valence-electron chi connectivity index (χ1n) is 5.15. The van der Waals surface area contributed by atoms with Gasteiger partial charge in [-0.25, -0.2) is 13.6 Å². The SMILES string of the molecule is CC(C)(CCO)NC(=O)Nc1nnc(C(F)F)s1. The molecular formula is C9H14F2N4O2S. The molecule has 3 N–H and O–H groups in total. The van der Waals surface area contributed by atoms with E-state index in [2.05, 4.69) is 20.8 Å². The van der Waals surface area contributed by atoms with Crippen LogP contribution in [0.4, 0.5) is 18.7 Å². The molecule has 0 aromatic carbocycles. The zero-order valence-electron chi connectivity index (χ0n) is 9.91. The number of aromatic nitrogens is 2. The highest BCUT2D eigenvalue weighted by molar-refractivity contribution is 7.15. The molecule has 18 heavy (non-hydrogen) atoms. The van der Waals surface area contributed by atoms with Crippen molar-refractivity contribution in [2.45, 2.75) is 32.2 Å². The quantitative estimate of drug-likeness (QED) is 0.767. The number of nitrogens with one attached hydrogen (secondary N) is 2. The van der Waals surface area contributed by atoms with Crippen molar-refractivity contribution in [1.82, 2.24) is 15.5 Å². The van der Waals surface area contributed by atoms with Crippen molar-refractivity contribution >= 4 is 22.5 Å². The molecule has 0 unspecified atom stereocenters. The molecule has 0 saturated heterocycles. The Morgan fingerprint density at radius 2 is 2.17 bits per heavy atom. The van der Waals surface area contributed by atoms with E-state index in [1.165, 1.54) is 0 Å². The molecule has 2 amide bonds. The maximum atomic E-state index is 12.2. The maximum Gasteiger partial charge on any atom is 0.321 e. The van der Waals surface area contributed by atoms with E-state index < -0.39 is 23.0 Å². The number of hydrogen-bond acceptors (Lipinski definition) is 5. The Kier molecular flexibility index (Phi) is 4.91. The highest BCUT2D eigenvalue weighted by Crippen LogP contribution is 2.25. The van der Waals surface area contributed by atoms with Gasteiger partial charge in [-0.1, -0.05) is 11.3 Å². The van der Waals surface area contributed by atoms with Crippen LogP contribution in [0, 0.1) is 0 Å². The Labute approximate surface area is 106 Å². The van der Waals surface area contributed by atoms with E-state index in [0.717, 1.165) is 0 Å². The smallest absolute Gasteiger partial charge is 0.321 e. The average Bonchev–Trinajstić information content (AvgIpc) is 2.64. The minimum absolute atomic E-state index is 0.00241. The molecule has 0 aliphatic heterocycles. The van der Waals surface area contributed by atoms with E-state index >= 15 is 0 Å². The number of anilines is 1. The normalized spacial score (nSPS) is 11.7. The summed E-state index contributed by atoms with van der Waals surface area (Å²) in [6.45, 7) is 3.39. The van der Waals surface area contributed by atoms with E-state index in [1.54, 1.807) is 13.8 Å². The van der Waals surface area contributed by atoms with Crippen molar-refractivity contribution in [1.29, 1.82) is 0 Å². The molecule has 102 valence electrons. The number of carbonyl (C=O) groups excluding carboxylic acids is 1. The van der Waals surface area contributed by atoms with Crippen LogP contribution in [-0.4, -0.2) is 33.5 Å². The van der Waals surface area contributed by atoms with Crippen LogP contribution in [0.3, 0.4) is 0 Å². The number of rotatable bonds is 5. The summed E-state index contributed by atoms with van der Waals surface area (Å²) in [5.74, 6) is 0. The van der Waals surface area contributed by atoms with Gasteiger partial charge in [-0.15, -0.1) is 10.2 Å². The summed E-state index contributed by atoms with van der Waals surface area (Å²) in [5.41, 5.74) is -0.602. The van der Waals surface area contributed by atoms with Crippen LogP contribution in [0.2, 0.25) is 0 Å². The van der Waals surface area contributed by atoms with Gasteiger partial charge in [-0.3, -0.25) is 5.32 Å². The third-order valence-electron chi connectivity index (χ3n) is 2.04. The first-order valence-corrected chi connectivity index (χ1v) is 5.97. The highest BCUT2D eigenvalue weighted by atomic mass is 32.1. The second kappa shape index (κ2) is 6.01. The Morgan fingerprint density at radius 1 is 1.50 bits per heavy atom. The third-order valence-corrected chi connectivity index (χ3v) is 2.88. The highest BCUT2D eigenvalue weighted by Gasteiger charge is 2.21. The summed E-state index contributed by atoms with van der Waals surface area (Å²) < 4.78 is 24.5. The van der Waals surface area contributed by atoms with Crippen molar-refractivity contribution in [3.05, 3.63) is 5.01 Å². The number of carbonyl (C=O) groups is 1. The van der Waals surface area contributed by atoms with E-state index in [4.69, 9.17) is 5.11 Å².